The molecule has 0 bridgehead atoms. The SMILES string of the molecule is CCCCCCCCCCN=C1CC(=O)CC(c2ccccc2)C1. The summed E-state index contributed by atoms with van der Waals surface area (Å²) in [5, 5.41) is 0. The highest BCUT2D eigenvalue weighted by Crippen LogP contribution is 2.29. The molecule has 1 atom stereocenters. The molecule has 0 radical (unpaired) electrons. The second-order valence-corrected chi connectivity index (χ2v) is 7.15. The Labute approximate surface area is 147 Å². The molecule has 24 heavy (non-hydrogen) atoms. The first-order chi connectivity index (χ1) is 11.8. The first-order valence-corrected chi connectivity index (χ1v) is 9.88. The monoisotopic (exact) mass is 327 g/mol. The lowest BCUT2D eigenvalue weighted by Crippen LogP contribution is -2.22. The zero-order valence-corrected chi connectivity index (χ0v) is 15.3. The van der Waals surface area contributed by atoms with Crippen molar-refractivity contribution in [2.24, 2.45) is 4.99 Å². The molecule has 0 aromatic heterocycles. The van der Waals surface area contributed by atoms with Crippen molar-refractivity contribution in [2.75, 3.05) is 6.54 Å². The zero-order valence-electron chi connectivity index (χ0n) is 15.3. The third-order valence-electron chi connectivity index (χ3n) is 4.98. The summed E-state index contributed by atoms with van der Waals surface area (Å²) in [6.45, 7) is 3.16. The molecule has 1 aromatic carbocycles. The normalized spacial score (nSPS) is 19.8. The molecule has 0 saturated heterocycles. The Balaban J connectivity index is 1.67. The molecule has 2 nitrogen and oxygen atoms in total. The van der Waals surface area contributed by atoms with Crippen molar-refractivity contribution in [1.29, 1.82) is 0 Å². The minimum atomic E-state index is 0.338. The predicted molar refractivity (Wildman–Crippen MR) is 103 cm³/mol. The number of aliphatic imine (C=N–C) groups is 1. The van der Waals surface area contributed by atoms with E-state index in [4.69, 9.17) is 4.99 Å². The molecule has 0 N–H and O–H groups in total. The number of Topliss-reactive ketones (excluding diaryl/α,β-unsaturated/α-hetero) is 1. The fourth-order valence-electron chi connectivity index (χ4n) is 3.57. The van der Waals surface area contributed by atoms with Crippen molar-refractivity contribution in [2.45, 2.75) is 83.5 Å². The van der Waals surface area contributed by atoms with Crippen LogP contribution < -0.4 is 0 Å². The molecule has 1 aliphatic carbocycles. The molecule has 1 aromatic rings. The van der Waals surface area contributed by atoms with Crippen LogP contribution in [0.3, 0.4) is 0 Å². The van der Waals surface area contributed by atoms with Crippen LogP contribution in [0.15, 0.2) is 35.3 Å². The van der Waals surface area contributed by atoms with Crippen LogP contribution >= 0.6 is 0 Å². The van der Waals surface area contributed by atoms with Crippen molar-refractivity contribution >= 4 is 11.5 Å². The quantitative estimate of drug-likeness (QED) is 0.477. The summed E-state index contributed by atoms with van der Waals surface area (Å²) in [6.07, 6.45) is 12.8. The lowest BCUT2D eigenvalue weighted by molar-refractivity contribution is -0.118. The Bertz CT molecular complexity index is 506. The summed E-state index contributed by atoms with van der Waals surface area (Å²) in [6, 6.07) is 10.4. The molecule has 1 aliphatic rings. The minimum absolute atomic E-state index is 0.338. The Morgan fingerprint density at radius 1 is 0.917 bits per heavy atom. The highest BCUT2D eigenvalue weighted by atomic mass is 16.1. The summed E-state index contributed by atoms with van der Waals surface area (Å²) in [5.74, 6) is 0.689. The third kappa shape index (κ3) is 6.98. The number of carbonyl (C=O) groups excluding carboxylic acids is 1. The number of carbonyl (C=O) groups is 1. The van der Waals surface area contributed by atoms with Gasteiger partial charge < -0.3 is 0 Å². The van der Waals surface area contributed by atoms with Crippen LogP contribution in [0.2, 0.25) is 0 Å². The topological polar surface area (TPSA) is 29.4 Å². The van der Waals surface area contributed by atoms with Gasteiger partial charge in [0.2, 0.25) is 0 Å². The van der Waals surface area contributed by atoms with Gasteiger partial charge in [-0.3, -0.25) is 9.79 Å². The maximum absolute atomic E-state index is 12.0. The van der Waals surface area contributed by atoms with Gasteiger partial charge in [-0.1, -0.05) is 82.2 Å². The van der Waals surface area contributed by atoms with E-state index in [1.807, 2.05) is 6.07 Å². The molecule has 1 unspecified atom stereocenters. The van der Waals surface area contributed by atoms with E-state index in [2.05, 4.69) is 31.2 Å². The van der Waals surface area contributed by atoms with Crippen LogP contribution in [0.5, 0.6) is 0 Å². The number of unbranched alkanes of at least 4 members (excludes halogenated alkanes) is 7. The standard InChI is InChI=1S/C22H33NO/c1-2-3-4-5-6-7-8-12-15-23-21-16-20(17-22(24)18-21)19-13-10-9-11-14-19/h9-11,13-14,20H,2-8,12,15-18H2,1H3. The molecular weight excluding hydrogens is 294 g/mol. The molecule has 1 saturated carbocycles. The van der Waals surface area contributed by atoms with Crippen LogP contribution in [0.1, 0.15) is 89.0 Å². The largest absolute Gasteiger partial charge is 0.299 e. The molecule has 0 amide bonds. The van der Waals surface area contributed by atoms with Crippen LogP contribution in [-0.4, -0.2) is 18.0 Å². The molecule has 1 fully saturated rings. The average Bonchev–Trinajstić information content (AvgIpc) is 2.60. The molecule has 132 valence electrons. The number of hydrogen-bond acceptors (Lipinski definition) is 2. The highest BCUT2D eigenvalue weighted by Gasteiger charge is 2.24. The van der Waals surface area contributed by atoms with Crippen molar-refractivity contribution in [3.8, 4) is 0 Å². The third-order valence-corrected chi connectivity index (χ3v) is 4.98. The molecule has 2 heteroatoms. The number of ketones is 1. The smallest absolute Gasteiger partial charge is 0.139 e. The fourth-order valence-corrected chi connectivity index (χ4v) is 3.57. The van der Waals surface area contributed by atoms with Gasteiger partial charge in [0.1, 0.15) is 5.78 Å². The van der Waals surface area contributed by atoms with E-state index in [-0.39, 0.29) is 0 Å². The Hall–Kier alpha value is -1.44. The first kappa shape index (κ1) is 18.9. The maximum atomic E-state index is 12.0. The number of rotatable bonds is 10. The van der Waals surface area contributed by atoms with Crippen molar-refractivity contribution in [3.63, 3.8) is 0 Å². The second kappa shape index (κ2) is 11.2. The molecule has 2 rings (SSSR count). The second-order valence-electron chi connectivity index (χ2n) is 7.15. The molecule has 0 aliphatic heterocycles. The summed E-state index contributed by atoms with van der Waals surface area (Å²) in [7, 11) is 0. The van der Waals surface area contributed by atoms with E-state index < -0.39 is 0 Å². The summed E-state index contributed by atoms with van der Waals surface area (Å²) in [5.41, 5.74) is 2.41. The van der Waals surface area contributed by atoms with Gasteiger partial charge in [-0.05, 0) is 24.3 Å². The van der Waals surface area contributed by atoms with Crippen LogP contribution in [0.4, 0.5) is 0 Å². The van der Waals surface area contributed by atoms with Gasteiger partial charge in [0, 0.05) is 25.1 Å². The van der Waals surface area contributed by atoms with Gasteiger partial charge in [-0.2, -0.15) is 0 Å². The van der Waals surface area contributed by atoms with Gasteiger partial charge in [0.05, 0.1) is 0 Å². The fraction of sp³-hybridized carbons (Fsp3) is 0.636. The van der Waals surface area contributed by atoms with E-state index in [0.29, 0.717) is 24.5 Å². The Morgan fingerprint density at radius 2 is 1.58 bits per heavy atom. The van der Waals surface area contributed by atoms with E-state index in [9.17, 15) is 4.79 Å². The lowest BCUT2D eigenvalue weighted by Gasteiger charge is -2.23. The summed E-state index contributed by atoms with van der Waals surface area (Å²) < 4.78 is 0. The van der Waals surface area contributed by atoms with Crippen LogP contribution in [-0.2, 0) is 4.79 Å². The van der Waals surface area contributed by atoms with Gasteiger partial charge in [0.15, 0.2) is 0 Å². The van der Waals surface area contributed by atoms with E-state index >= 15 is 0 Å². The first-order valence-electron chi connectivity index (χ1n) is 9.88. The minimum Gasteiger partial charge on any atom is -0.299 e. The summed E-state index contributed by atoms with van der Waals surface area (Å²) >= 11 is 0. The van der Waals surface area contributed by atoms with E-state index in [1.165, 1.54) is 56.9 Å². The van der Waals surface area contributed by atoms with Gasteiger partial charge in [-0.25, -0.2) is 0 Å². The molecule has 0 spiro atoms. The lowest BCUT2D eigenvalue weighted by atomic mass is 9.82. The van der Waals surface area contributed by atoms with E-state index in [1.54, 1.807) is 0 Å². The summed E-state index contributed by atoms with van der Waals surface area (Å²) in [4.78, 5) is 16.8. The van der Waals surface area contributed by atoms with Crippen molar-refractivity contribution in [1.82, 2.24) is 0 Å². The van der Waals surface area contributed by atoms with E-state index in [0.717, 1.165) is 18.7 Å². The number of hydrogen-bond donors (Lipinski definition) is 0. The predicted octanol–water partition coefficient (Wildman–Crippen LogP) is 6.10. The van der Waals surface area contributed by atoms with Crippen molar-refractivity contribution < 1.29 is 4.79 Å². The van der Waals surface area contributed by atoms with Crippen molar-refractivity contribution in [3.05, 3.63) is 35.9 Å². The van der Waals surface area contributed by atoms with Gasteiger partial charge in [0.25, 0.3) is 0 Å². The Morgan fingerprint density at radius 3 is 2.29 bits per heavy atom. The van der Waals surface area contributed by atoms with Gasteiger partial charge in [-0.15, -0.1) is 0 Å². The number of benzene rings is 1. The highest BCUT2D eigenvalue weighted by molar-refractivity contribution is 6.05. The molecular formula is C22H33NO. The zero-order chi connectivity index (χ0) is 17.0. The van der Waals surface area contributed by atoms with Crippen LogP contribution in [0.25, 0.3) is 0 Å². The molecule has 0 heterocycles. The van der Waals surface area contributed by atoms with Crippen LogP contribution in [0, 0.1) is 0 Å². The van der Waals surface area contributed by atoms with Gasteiger partial charge >= 0.3 is 0 Å². The number of nitrogens with zero attached hydrogens (tertiary/aromatic N) is 1. The maximum Gasteiger partial charge on any atom is 0.139 e. The Kier molecular flexibility index (Phi) is 8.80. The average molecular weight is 328 g/mol.